The molecule has 0 radical (unpaired) electrons. The average molecular weight is 483 g/mol. The standard InChI is InChI=1S/C23H16Cl2N4O2S/c1-15(19-9-8-17(24)13-20(19)25)29(18-5-2-4-16(12-18)14-26)32(30,31)22-7-3-6-21-23(22)28-11-10-27-21/h2-13,15H,1H3/t15-/m1/s1. The van der Waals surface area contributed by atoms with Crippen LogP contribution in [0.1, 0.15) is 24.1 Å². The summed E-state index contributed by atoms with van der Waals surface area (Å²) >= 11 is 12.5. The summed E-state index contributed by atoms with van der Waals surface area (Å²) < 4.78 is 29.3. The average Bonchev–Trinajstić information content (AvgIpc) is 2.78. The molecule has 0 saturated heterocycles. The Labute approximate surface area is 195 Å². The minimum absolute atomic E-state index is 0.00222. The highest BCUT2D eigenvalue weighted by Crippen LogP contribution is 2.38. The van der Waals surface area contributed by atoms with Gasteiger partial charge >= 0.3 is 0 Å². The van der Waals surface area contributed by atoms with Crippen LogP contribution in [0.15, 0.2) is 78.0 Å². The Hall–Kier alpha value is -3.18. The summed E-state index contributed by atoms with van der Waals surface area (Å²) in [5.74, 6) is 0. The van der Waals surface area contributed by atoms with E-state index >= 15 is 0 Å². The zero-order chi connectivity index (χ0) is 22.9. The minimum Gasteiger partial charge on any atom is -0.259 e. The van der Waals surface area contributed by atoms with E-state index in [0.717, 1.165) is 0 Å². The van der Waals surface area contributed by atoms with Crippen molar-refractivity contribution in [2.45, 2.75) is 17.9 Å². The van der Waals surface area contributed by atoms with Crippen LogP contribution in [0.25, 0.3) is 11.0 Å². The molecular weight excluding hydrogens is 467 g/mol. The third-order valence-electron chi connectivity index (χ3n) is 4.99. The molecule has 0 fully saturated rings. The first-order chi connectivity index (χ1) is 15.3. The van der Waals surface area contributed by atoms with E-state index in [-0.39, 0.29) is 10.4 Å². The molecular formula is C23H16Cl2N4O2S. The summed E-state index contributed by atoms with van der Waals surface area (Å²) in [4.78, 5) is 8.47. The molecule has 0 unspecified atom stereocenters. The van der Waals surface area contributed by atoms with E-state index in [0.29, 0.717) is 32.4 Å². The van der Waals surface area contributed by atoms with Crippen molar-refractivity contribution in [2.75, 3.05) is 4.31 Å². The number of hydrogen-bond donors (Lipinski definition) is 0. The summed E-state index contributed by atoms with van der Waals surface area (Å²) in [6.07, 6.45) is 2.95. The Morgan fingerprint density at radius 3 is 2.50 bits per heavy atom. The Morgan fingerprint density at radius 1 is 1.00 bits per heavy atom. The van der Waals surface area contributed by atoms with Crippen LogP contribution in [0.4, 0.5) is 5.69 Å². The number of nitrogens with zero attached hydrogens (tertiary/aromatic N) is 4. The summed E-state index contributed by atoms with van der Waals surface area (Å²) in [6.45, 7) is 1.72. The smallest absolute Gasteiger partial charge is 0.259 e. The van der Waals surface area contributed by atoms with E-state index in [1.807, 2.05) is 0 Å². The number of nitriles is 1. The highest BCUT2D eigenvalue weighted by molar-refractivity contribution is 7.93. The van der Waals surface area contributed by atoms with Crippen molar-refractivity contribution in [1.82, 2.24) is 9.97 Å². The normalized spacial score (nSPS) is 12.3. The second-order valence-electron chi connectivity index (χ2n) is 6.99. The third-order valence-corrected chi connectivity index (χ3v) is 7.49. The quantitative estimate of drug-likeness (QED) is 0.360. The molecule has 1 aromatic heterocycles. The number of sulfonamides is 1. The predicted molar refractivity (Wildman–Crippen MR) is 125 cm³/mol. The van der Waals surface area contributed by atoms with Gasteiger partial charge in [0.25, 0.3) is 10.0 Å². The molecule has 0 spiro atoms. The fourth-order valence-electron chi connectivity index (χ4n) is 3.53. The van der Waals surface area contributed by atoms with E-state index in [9.17, 15) is 13.7 Å². The summed E-state index contributed by atoms with van der Waals surface area (Å²) in [7, 11) is -4.15. The molecule has 1 heterocycles. The molecule has 160 valence electrons. The van der Waals surface area contributed by atoms with Gasteiger partial charge in [0.15, 0.2) is 0 Å². The molecule has 0 bridgehead atoms. The number of rotatable bonds is 5. The van der Waals surface area contributed by atoms with Crippen molar-refractivity contribution in [3.05, 3.63) is 94.2 Å². The largest absolute Gasteiger partial charge is 0.267 e. The number of aromatic nitrogens is 2. The first-order valence-corrected chi connectivity index (χ1v) is 11.7. The van der Waals surface area contributed by atoms with Gasteiger partial charge < -0.3 is 0 Å². The van der Waals surface area contributed by atoms with E-state index in [1.54, 1.807) is 55.5 Å². The lowest BCUT2D eigenvalue weighted by Gasteiger charge is -2.31. The van der Waals surface area contributed by atoms with Gasteiger partial charge in [-0.15, -0.1) is 0 Å². The van der Waals surface area contributed by atoms with Gasteiger partial charge in [0.05, 0.1) is 28.9 Å². The fraction of sp³-hybridized carbons (Fsp3) is 0.0870. The molecule has 4 aromatic rings. The highest BCUT2D eigenvalue weighted by atomic mass is 35.5. The van der Waals surface area contributed by atoms with Crippen LogP contribution < -0.4 is 4.31 Å². The number of benzene rings is 3. The molecule has 32 heavy (non-hydrogen) atoms. The van der Waals surface area contributed by atoms with Gasteiger partial charge in [-0.2, -0.15) is 5.26 Å². The van der Waals surface area contributed by atoms with Crippen LogP contribution in [0.2, 0.25) is 10.0 Å². The lowest BCUT2D eigenvalue weighted by Crippen LogP contribution is -2.34. The van der Waals surface area contributed by atoms with Gasteiger partial charge in [-0.1, -0.05) is 41.4 Å². The Kier molecular flexibility index (Phi) is 6.02. The van der Waals surface area contributed by atoms with Crippen molar-refractivity contribution in [3.63, 3.8) is 0 Å². The number of para-hydroxylation sites is 1. The monoisotopic (exact) mass is 482 g/mol. The van der Waals surface area contributed by atoms with E-state index < -0.39 is 16.1 Å². The molecule has 0 amide bonds. The summed E-state index contributed by atoms with van der Waals surface area (Å²) in [5, 5.41) is 10.1. The van der Waals surface area contributed by atoms with Crippen LogP contribution >= 0.6 is 23.2 Å². The van der Waals surface area contributed by atoms with Gasteiger partial charge in [0.2, 0.25) is 0 Å². The third kappa shape index (κ3) is 4.00. The van der Waals surface area contributed by atoms with E-state index in [1.165, 1.54) is 28.8 Å². The van der Waals surface area contributed by atoms with Gasteiger partial charge in [-0.05, 0) is 55.0 Å². The Balaban J connectivity index is 1.97. The Morgan fingerprint density at radius 2 is 1.75 bits per heavy atom. The molecule has 9 heteroatoms. The van der Waals surface area contributed by atoms with Gasteiger partial charge in [0, 0.05) is 22.4 Å². The zero-order valence-electron chi connectivity index (χ0n) is 16.8. The zero-order valence-corrected chi connectivity index (χ0v) is 19.1. The maximum Gasteiger partial charge on any atom is 0.267 e. The summed E-state index contributed by atoms with van der Waals surface area (Å²) in [6, 6.07) is 17.4. The van der Waals surface area contributed by atoms with Crippen molar-refractivity contribution in [1.29, 1.82) is 5.26 Å². The minimum atomic E-state index is -4.15. The number of halogens is 2. The molecule has 1 atom stereocenters. The van der Waals surface area contributed by atoms with Gasteiger partial charge in [0.1, 0.15) is 10.4 Å². The van der Waals surface area contributed by atoms with Gasteiger partial charge in [-0.3, -0.25) is 14.3 Å². The van der Waals surface area contributed by atoms with Crippen LogP contribution in [0.3, 0.4) is 0 Å². The van der Waals surface area contributed by atoms with Crippen LogP contribution in [0.5, 0.6) is 0 Å². The number of hydrogen-bond acceptors (Lipinski definition) is 5. The topological polar surface area (TPSA) is 87.0 Å². The van der Waals surface area contributed by atoms with Crippen molar-refractivity contribution in [2.24, 2.45) is 0 Å². The molecule has 3 aromatic carbocycles. The molecule has 0 saturated carbocycles. The van der Waals surface area contributed by atoms with Crippen molar-refractivity contribution >= 4 is 49.9 Å². The fourth-order valence-corrected chi connectivity index (χ4v) is 5.88. The lowest BCUT2D eigenvalue weighted by molar-refractivity contribution is 0.583. The van der Waals surface area contributed by atoms with E-state index in [4.69, 9.17) is 23.2 Å². The predicted octanol–water partition coefficient (Wildman–Crippen LogP) is 5.76. The van der Waals surface area contributed by atoms with Crippen molar-refractivity contribution in [3.8, 4) is 6.07 Å². The van der Waals surface area contributed by atoms with Crippen LogP contribution in [-0.4, -0.2) is 18.4 Å². The molecule has 4 rings (SSSR count). The first-order valence-electron chi connectivity index (χ1n) is 9.52. The molecule has 0 aliphatic rings. The second kappa shape index (κ2) is 8.75. The number of fused-ring (bicyclic) bond motifs is 1. The lowest BCUT2D eigenvalue weighted by atomic mass is 10.1. The van der Waals surface area contributed by atoms with E-state index in [2.05, 4.69) is 16.0 Å². The molecule has 0 aliphatic carbocycles. The van der Waals surface area contributed by atoms with Gasteiger partial charge in [-0.25, -0.2) is 8.42 Å². The first kappa shape index (κ1) is 22.0. The highest BCUT2D eigenvalue weighted by Gasteiger charge is 2.33. The maximum atomic E-state index is 14.0. The molecule has 0 N–H and O–H groups in total. The SMILES string of the molecule is C[C@H](c1ccc(Cl)cc1Cl)N(c1cccc(C#N)c1)S(=O)(=O)c1cccc2nccnc12. The molecule has 0 aliphatic heterocycles. The summed E-state index contributed by atoms with van der Waals surface area (Å²) in [5.41, 5.74) is 1.92. The van der Waals surface area contributed by atoms with Crippen LogP contribution in [-0.2, 0) is 10.0 Å². The van der Waals surface area contributed by atoms with Crippen molar-refractivity contribution < 1.29 is 8.42 Å². The maximum absolute atomic E-state index is 14.0. The second-order valence-corrected chi connectivity index (χ2v) is 9.61. The van der Waals surface area contributed by atoms with Crippen LogP contribution in [0, 0.1) is 11.3 Å². The molecule has 6 nitrogen and oxygen atoms in total. The number of anilines is 1. The Bertz CT molecular complexity index is 1460.